The minimum absolute atomic E-state index is 0.737. The molecule has 66 valence electrons. The lowest BCUT2D eigenvalue weighted by Gasteiger charge is -2.00. The van der Waals surface area contributed by atoms with Crippen LogP contribution < -0.4 is 0 Å². The molecular weight excluding hydrogens is 192 g/mol. The molecule has 0 amide bonds. The summed E-state index contributed by atoms with van der Waals surface area (Å²) >= 11 is 5.36. The van der Waals surface area contributed by atoms with Crippen LogP contribution in [0.3, 0.4) is 0 Å². The second-order valence-corrected chi connectivity index (χ2v) is 3.21. The lowest BCUT2D eigenvalue weighted by Crippen LogP contribution is -1.80. The first kappa shape index (κ1) is 9.92. The molecule has 0 fully saturated rings. The van der Waals surface area contributed by atoms with Gasteiger partial charge in [0.15, 0.2) is 0 Å². The molecule has 0 aromatic heterocycles. The van der Waals surface area contributed by atoms with Crippen LogP contribution in [0.5, 0.6) is 0 Å². The van der Waals surface area contributed by atoms with Crippen LogP contribution in [0.2, 0.25) is 0 Å². The van der Waals surface area contributed by atoms with Crippen LogP contribution in [0.25, 0.3) is 0 Å². The van der Waals surface area contributed by atoms with E-state index in [0.29, 0.717) is 0 Å². The molecule has 0 heterocycles. The lowest BCUT2D eigenvalue weighted by atomic mass is 10.2. The average Bonchev–Trinajstić information content (AvgIpc) is 2.15. The van der Waals surface area contributed by atoms with Crippen molar-refractivity contribution in [1.29, 1.82) is 0 Å². The Kier molecular flexibility index (Phi) is 4.53. The van der Waals surface area contributed by atoms with Gasteiger partial charge in [-0.05, 0) is 17.7 Å². The Bertz CT molecular complexity index is 240. The average molecular weight is 202 g/mol. The zero-order valence-corrected chi connectivity index (χ0v) is 8.40. The summed E-state index contributed by atoms with van der Waals surface area (Å²) < 4.78 is 4.71. The van der Waals surface area contributed by atoms with Crippen molar-refractivity contribution in [3.8, 4) is 0 Å². The number of rotatable bonds is 4. The van der Waals surface area contributed by atoms with Crippen LogP contribution >= 0.6 is 24.7 Å². The molecule has 12 heavy (non-hydrogen) atoms. The summed E-state index contributed by atoms with van der Waals surface area (Å²) in [6.45, 7) is 0. The molecule has 0 atom stereocenters. The largest absolute Gasteiger partial charge is 0.227 e. The maximum absolute atomic E-state index is 4.71. The van der Waals surface area contributed by atoms with Crippen molar-refractivity contribution in [3.63, 3.8) is 0 Å². The van der Waals surface area contributed by atoms with Crippen molar-refractivity contribution in [2.24, 2.45) is 0 Å². The van der Waals surface area contributed by atoms with Crippen molar-refractivity contribution in [1.82, 2.24) is 0 Å². The van der Waals surface area contributed by atoms with Gasteiger partial charge in [0.05, 0.1) is 19.2 Å². The summed E-state index contributed by atoms with van der Waals surface area (Å²) in [5, 5.41) is 0. The molecule has 2 nitrogen and oxygen atoms in total. The minimum atomic E-state index is 0.737. The highest BCUT2D eigenvalue weighted by Crippen LogP contribution is 2.20. The molecule has 0 N–H and O–H groups in total. The third kappa shape index (κ3) is 3.06. The fourth-order valence-electron chi connectivity index (χ4n) is 0.769. The minimum Gasteiger partial charge on any atom is -0.227 e. The van der Waals surface area contributed by atoms with Crippen molar-refractivity contribution in [3.05, 3.63) is 29.8 Å². The van der Waals surface area contributed by atoms with Gasteiger partial charge in [0.2, 0.25) is 0 Å². The van der Waals surface area contributed by atoms with E-state index in [-0.39, 0.29) is 0 Å². The Morgan fingerprint density at radius 2 is 2.33 bits per heavy atom. The molecule has 4 heteroatoms. The van der Waals surface area contributed by atoms with E-state index < -0.39 is 0 Å². The molecule has 0 saturated carbocycles. The molecule has 0 bridgehead atoms. The van der Waals surface area contributed by atoms with Crippen LogP contribution in [0.15, 0.2) is 29.2 Å². The van der Waals surface area contributed by atoms with Gasteiger partial charge in [0.1, 0.15) is 0 Å². The quantitative estimate of drug-likeness (QED) is 0.350. The molecule has 0 aliphatic heterocycles. The molecule has 0 saturated heterocycles. The van der Waals surface area contributed by atoms with E-state index in [1.54, 1.807) is 0 Å². The highest BCUT2D eigenvalue weighted by molar-refractivity contribution is 7.94. The van der Waals surface area contributed by atoms with Gasteiger partial charge in [0.25, 0.3) is 0 Å². The second kappa shape index (κ2) is 5.48. The molecule has 1 aromatic rings. The summed E-state index contributed by atoms with van der Waals surface area (Å²) in [6.07, 6.45) is 0. The Morgan fingerprint density at radius 1 is 1.50 bits per heavy atom. The van der Waals surface area contributed by atoms with E-state index in [1.165, 1.54) is 24.7 Å². The topological polar surface area (TPSA) is 18.5 Å². The molecule has 0 spiro atoms. The van der Waals surface area contributed by atoms with Crippen LogP contribution in [0, 0.1) is 0 Å². The van der Waals surface area contributed by atoms with Gasteiger partial charge in [0, 0.05) is 10.6 Å². The molecule has 1 rings (SSSR count). The maximum Gasteiger partial charge on any atom is 0.0725 e. The van der Waals surface area contributed by atoms with E-state index in [2.05, 4.69) is 17.5 Å². The van der Waals surface area contributed by atoms with Gasteiger partial charge in [-0.2, -0.15) is 17.0 Å². The summed E-state index contributed by atoms with van der Waals surface area (Å²) in [4.78, 5) is 5.48. The van der Waals surface area contributed by atoms with Crippen LogP contribution in [-0.4, -0.2) is 7.11 Å². The molecule has 0 aliphatic rings. The monoisotopic (exact) mass is 202 g/mol. The standard InChI is InChI=1S/C8H10O2S2/c1-9-10-12-8-4-2-3-7(5-8)6-11/h2-5,11H,6H2,1H3. The van der Waals surface area contributed by atoms with E-state index in [1.807, 2.05) is 24.3 Å². The first-order valence-corrected chi connectivity index (χ1v) is 4.81. The highest BCUT2D eigenvalue weighted by atomic mass is 32.2. The third-order valence-corrected chi connectivity index (χ3v) is 2.29. The number of thiol groups is 1. The Hall–Kier alpha value is -0.160. The van der Waals surface area contributed by atoms with Gasteiger partial charge in [-0.3, -0.25) is 0 Å². The lowest BCUT2D eigenvalue weighted by molar-refractivity contribution is -0.160. The summed E-state index contributed by atoms with van der Waals surface area (Å²) in [6, 6.07) is 7.95. The molecular formula is C8H10O2S2. The number of benzene rings is 1. The molecule has 1 aromatic carbocycles. The van der Waals surface area contributed by atoms with Crippen molar-refractivity contribution < 1.29 is 9.22 Å². The fraction of sp³-hybridized carbons (Fsp3) is 0.250. The summed E-state index contributed by atoms with van der Waals surface area (Å²) in [5.41, 5.74) is 1.17. The van der Waals surface area contributed by atoms with Gasteiger partial charge in [-0.1, -0.05) is 12.1 Å². The van der Waals surface area contributed by atoms with Crippen LogP contribution in [0.4, 0.5) is 0 Å². The van der Waals surface area contributed by atoms with Crippen LogP contribution in [0.1, 0.15) is 5.56 Å². The Labute approximate surface area is 81.8 Å². The number of hydrogen-bond donors (Lipinski definition) is 1. The SMILES string of the molecule is COOSc1cccc(CS)c1. The van der Waals surface area contributed by atoms with Crippen LogP contribution in [-0.2, 0) is 15.0 Å². The zero-order valence-electron chi connectivity index (χ0n) is 6.69. The second-order valence-electron chi connectivity index (χ2n) is 2.12. The van der Waals surface area contributed by atoms with Gasteiger partial charge < -0.3 is 0 Å². The van der Waals surface area contributed by atoms with E-state index in [0.717, 1.165) is 10.6 Å². The highest BCUT2D eigenvalue weighted by Gasteiger charge is 1.95. The van der Waals surface area contributed by atoms with E-state index >= 15 is 0 Å². The zero-order chi connectivity index (χ0) is 8.81. The molecule has 0 unspecified atom stereocenters. The van der Waals surface area contributed by atoms with Crippen molar-refractivity contribution in [2.45, 2.75) is 10.6 Å². The Morgan fingerprint density at radius 3 is 3.00 bits per heavy atom. The Balaban J connectivity index is 2.60. The third-order valence-electron chi connectivity index (χ3n) is 1.28. The first-order chi connectivity index (χ1) is 5.86. The van der Waals surface area contributed by atoms with E-state index in [9.17, 15) is 0 Å². The summed E-state index contributed by atoms with van der Waals surface area (Å²) in [7, 11) is 1.48. The summed E-state index contributed by atoms with van der Waals surface area (Å²) in [5.74, 6) is 0.737. The maximum atomic E-state index is 4.71. The predicted octanol–water partition coefficient (Wildman–Crippen LogP) is 2.70. The van der Waals surface area contributed by atoms with Crippen molar-refractivity contribution >= 4 is 24.7 Å². The fourth-order valence-corrected chi connectivity index (χ4v) is 1.45. The van der Waals surface area contributed by atoms with Crippen molar-refractivity contribution in [2.75, 3.05) is 7.11 Å². The predicted molar refractivity (Wildman–Crippen MR) is 53.1 cm³/mol. The molecule has 0 aliphatic carbocycles. The first-order valence-electron chi connectivity index (χ1n) is 3.44. The number of hydrogen-bond acceptors (Lipinski definition) is 4. The van der Waals surface area contributed by atoms with Gasteiger partial charge in [-0.25, -0.2) is 4.89 Å². The smallest absolute Gasteiger partial charge is 0.0725 e. The van der Waals surface area contributed by atoms with Gasteiger partial charge >= 0.3 is 0 Å². The van der Waals surface area contributed by atoms with Gasteiger partial charge in [-0.15, -0.1) is 0 Å². The molecule has 0 radical (unpaired) electrons. The normalized spacial score (nSPS) is 10.2. The van der Waals surface area contributed by atoms with E-state index in [4.69, 9.17) is 4.33 Å².